The number of nitrogens with zero attached hydrogens (tertiary/aromatic N) is 1. The Morgan fingerprint density at radius 3 is 3.00 bits per heavy atom. The maximum absolute atomic E-state index is 6.15. The van der Waals surface area contributed by atoms with Crippen LogP contribution in [0.5, 0.6) is 0 Å². The molecule has 0 amide bonds. The first-order chi connectivity index (χ1) is 8.84. The molecule has 18 heavy (non-hydrogen) atoms. The van der Waals surface area contributed by atoms with Crippen LogP contribution in [0, 0.1) is 0 Å². The third-order valence-corrected chi connectivity index (χ3v) is 3.82. The Labute approximate surface area is 112 Å². The van der Waals surface area contributed by atoms with E-state index in [0.717, 1.165) is 30.0 Å². The second kappa shape index (κ2) is 5.09. The molecule has 92 valence electrons. The van der Waals surface area contributed by atoms with Crippen molar-refractivity contribution in [2.75, 3.05) is 0 Å². The molecule has 1 atom stereocenters. The highest BCUT2D eigenvalue weighted by Gasteiger charge is 2.22. The second-order valence-corrected chi connectivity index (χ2v) is 5.02. The minimum absolute atomic E-state index is 0.359. The predicted octanol–water partition coefficient (Wildman–Crippen LogP) is 3.51. The van der Waals surface area contributed by atoms with E-state index in [-0.39, 0.29) is 0 Å². The predicted molar refractivity (Wildman–Crippen MR) is 73.6 cm³/mol. The number of benzene rings is 1. The maximum atomic E-state index is 6.15. The number of nitrogens with one attached hydrogen (secondary N) is 1. The van der Waals surface area contributed by atoms with Crippen LogP contribution in [0.3, 0.4) is 0 Å². The van der Waals surface area contributed by atoms with Gasteiger partial charge in [-0.2, -0.15) is 0 Å². The molecule has 3 rings (SSSR count). The van der Waals surface area contributed by atoms with E-state index in [0.29, 0.717) is 6.04 Å². The quantitative estimate of drug-likeness (QED) is 0.911. The number of aromatic nitrogens is 1. The lowest BCUT2D eigenvalue weighted by Crippen LogP contribution is -2.19. The minimum Gasteiger partial charge on any atom is -0.304 e. The van der Waals surface area contributed by atoms with Gasteiger partial charge in [0.25, 0.3) is 0 Å². The Morgan fingerprint density at radius 2 is 2.11 bits per heavy atom. The molecule has 2 aromatic rings. The summed E-state index contributed by atoms with van der Waals surface area (Å²) < 4.78 is 0. The van der Waals surface area contributed by atoms with Gasteiger partial charge in [-0.15, -0.1) is 0 Å². The summed E-state index contributed by atoms with van der Waals surface area (Å²) in [5.41, 5.74) is 3.71. The van der Waals surface area contributed by atoms with E-state index < -0.39 is 0 Å². The fraction of sp³-hybridized carbons (Fsp3) is 0.267. The molecule has 0 fully saturated rings. The average Bonchev–Trinajstić information content (AvgIpc) is 2.81. The fourth-order valence-electron chi connectivity index (χ4n) is 2.49. The lowest BCUT2D eigenvalue weighted by molar-refractivity contribution is 0.521. The molecule has 0 radical (unpaired) electrons. The Morgan fingerprint density at radius 1 is 1.22 bits per heavy atom. The number of hydrogen-bond donors (Lipinski definition) is 1. The van der Waals surface area contributed by atoms with Gasteiger partial charge in [0.05, 0.1) is 11.7 Å². The molecular weight excluding hydrogens is 244 g/mol. The van der Waals surface area contributed by atoms with Crippen LogP contribution in [-0.2, 0) is 13.0 Å². The van der Waals surface area contributed by atoms with Crippen molar-refractivity contribution >= 4 is 11.6 Å². The van der Waals surface area contributed by atoms with E-state index in [4.69, 9.17) is 11.6 Å². The highest BCUT2D eigenvalue weighted by molar-refractivity contribution is 6.31. The van der Waals surface area contributed by atoms with E-state index in [2.05, 4.69) is 22.4 Å². The van der Waals surface area contributed by atoms with Crippen LogP contribution in [-0.4, -0.2) is 4.98 Å². The number of rotatable bonds is 3. The van der Waals surface area contributed by atoms with E-state index in [1.807, 2.05) is 30.5 Å². The third-order valence-electron chi connectivity index (χ3n) is 3.46. The molecule has 0 bridgehead atoms. The summed E-state index contributed by atoms with van der Waals surface area (Å²) in [4.78, 5) is 4.48. The van der Waals surface area contributed by atoms with Gasteiger partial charge in [0, 0.05) is 17.8 Å². The molecule has 0 saturated carbocycles. The molecule has 1 aliphatic rings. The molecule has 0 spiro atoms. The first-order valence-electron chi connectivity index (χ1n) is 6.25. The Bertz CT molecular complexity index is 554. The zero-order valence-corrected chi connectivity index (χ0v) is 10.8. The topological polar surface area (TPSA) is 24.9 Å². The van der Waals surface area contributed by atoms with Crippen LogP contribution >= 0.6 is 11.6 Å². The van der Waals surface area contributed by atoms with Crippen molar-refractivity contribution in [3.8, 4) is 0 Å². The van der Waals surface area contributed by atoms with E-state index in [1.54, 1.807) is 0 Å². The van der Waals surface area contributed by atoms with Gasteiger partial charge in [0.15, 0.2) is 0 Å². The number of pyridine rings is 1. The summed E-state index contributed by atoms with van der Waals surface area (Å²) in [7, 11) is 0. The lowest BCUT2D eigenvalue weighted by Gasteiger charge is -2.13. The first-order valence-corrected chi connectivity index (χ1v) is 6.63. The Balaban J connectivity index is 1.71. The highest BCUT2D eigenvalue weighted by atomic mass is 35.5. The molecule has 1 N–H and O–H groups in total. The Kier molecular flexibility index (Phi) is 3.31. The smallest absolute Gasteiger partial charge is 0.0605 e. The molecule has 0 saturated heterocycles. The second-order valence-electron chi connectivity index (χ2n) is 4.61. The van der Waals surface area contributed by atoms with Crippen LogP contribution < -0.4 is 5.32 Å². The molecule has 1 aromatic carbocycles. The van der Waals surface area contributed by atoms with Gasteiger partial charge >= 0.3 is 0 Å². The van der Waals surface area contributed by atoms with Crippen LogP contribution in [0.2, 0.25) is 5.02 Å². The van der Waals surface area contributed by atoms with Crippen LogP contribution in [0.25, 0.3) is 0 Å². The van der Waals surface area contributed by atoms with Crippen molar-refractivity contribution < 1.29 is 0 Å². The van der Waals surface area contributed by atoms with Gasteiger partial charge in [-0.3, -0.25) is 4.98 Å². The summed E-state index contributed by atoms with van der Waals surface area (Å²) in [6.07, 6.45) is 4.11. The van der Waals surface area contributed by atoms with E-state index in [9.17, 15) is 0 Å². The minimum atomic E-state index is 0.359. The monoisotopic (exact) mass is 258 g/mol. The molecule has 1 aromatic heterocycles. The number of halogens is 1. The zero-order chi connectivity index (χ0) is 12.4. The first kappa shape index (κ1) is 11.7. The van der Waals surface area contributed by atoms with Gasteiger partial charge in [-0.25, -0.2) is 0 Å². The van der Waals surface area contributed by atoms with Gasteiger partial charge in [0.2, 0.25) is 0 Å². The summed E-state index contributed by atoms with van der Waals surface area (Å²) in [5.74, 6) is 0. The third kappa shape index (κ3) is 2.26. The standard InChI is InChI=1S/C15H15ClN2/c16-13-6-2-1-4-12(13)10-18-14-8-7-11-5-3-9-17-15(11)14/h1-6,9,14,18H,7-8,10H2. The van der Waals surface area contributed by atoms with Gasteiger partial charge < -0.3 is 5.32 Å². The van der Waals surface area contributed by atoms with Gasteiger partial charge in [-0.05, 0) is 36.1 Å². The summed E-state index contributed by atoms with van der Waals surface area (Å²) in [6, 6.07) is 12.5. The summed E-state index contributed by atoms with van der Waals surface area (Å²) in [5, 5.41) is 4.37. The number of aryl methyl sites for hydroxylation is 1. The highest BCUT2D eigenvalue weighted by Crippen LogP contribution is 2.29. The van der Waals surface area contributed by atoms with Crippen molar-refractivity contribution in [2.24, 2.45) is 0 Å². The van der Waals surface area contributed by atoms with Crippen molar-refractivity contribution in [1.29, 1.82) is 0 Å². The molecule has 1 unspecified atom stereocenters. The van der Waals surface area contributed by atoms with Gasteiger partial charge in [0.1, 0.15) is 0 Å². The normalized spacial score (nSPS) is 17.7. The van der Waals surface area contributed by atoms with E-state index >= 15 is 0 Å². The van der Waals surface area contributed by atoms with Crippen LogP contribution in [0.1, 0.15) is 29.3 Å². The summed E-state index contributed by atoms with van der Waals surface area (Å²) in [6.45, 7) is 0.792. The lowest BCUT2D eigenvalue weighted by atomic mass is 10.2. The van der Waals surface area contributed by atoms with Crippen molar-refractivity contribution in [3.63, 3.8) is 0 Å². The molecule has 1 aliphatic carbocycles. The maximum Gasteiger partial charge on any atom is 0.0605 e. The largest absolute Gasteiger partial charge is 0.304 e. The number of hydrogen-bond acceptors (Lipinski definition) is 2. The molecule has 0 aliphatic heterocycles. The zero-order valence-electron chi connectivity index (χ0n) is 10.1. The molecule has 3 heteroatoms. The van der Waals surface area contributed by atoms with Crippen molar-refractivity contribution in [2.45, 2.75) is 25.4 Å². The SMILES string of the molecule is Clc1ccccc1CNC1CCc2cccnc21. The van der Waals surface area contributed by atoms with Crippen LogP contribution in [0.4, 0.5) is 0 Å². The molecular formula is C15H15ClN2. The fourth-order valence-corrected chi connectivity index (χ4v) is 2.69. The van der Waals surface area contributed by atoms with Crippen molar-refractivity contribution in [1.82, 2.24) is 10.3 Å². The van der Waals surface area contributed by atoms with Gasteiger partial charge in [-0.1, -0.05) is 35.9 Å². The average molecular weight is 259 g/mol. The van der Waals surface area contributed by atoms with E-state index in [1.165, 1.54) is 11.3 Å². The van der Waals surface area contributed by atoms with Crippen molar-refractivity contribution in [3.05, 3.63) is 64.4 Å². The summed E-state index contributed by atoms with van der Waals surface area (Å²) >= 11 is 6.15. The van der Waals surface area contributed by atoms with Crippen LogP contribution in [0.15, 0.2) is 42.6 Å². The molecule has 1 heterocycles. The molecule has 2 nitrogen and oxygen atoms in total. The number of fused-ring (bicyclic) bond motifs is 1. The Hall–Kier alpha value is -1.38.